The van der Waals surface area contributed by atoms with Gasteiger partial charge in [0.2, 0.25) is 0 Å². The van der Waals surface area contributed by atoms with Crippen LogP contribution in [0.15, 0.2) is 78.0 Å². The van der Waals surface area contributed by atoms with Crippen LogP contribution >= 0.6 is 11.6 Å². The molecule has 0 spiro atoms. The molecule has 1 heterocycles. The second kappa shape index (κ2) is 8.31. The van der Waals surface area contributed by atoms with E-state index in [0.717, 1.165) is 28.1 Å². The Morgan fingerprint density at radius 1 is 1.03 bits per heavy atom. The summed E-state index contributed by atoms with van der Waals surface area (Å²) in [4.78, 5) is 12.2. The van der Waals surface area contributed by atoms with Crippen LogP contribution in [0.1, 0.15) is 21.5 Å². The van der Waals surface area contributed by atoms with Gasteiger partial charge in [0.15, 0.2) is 0 Å². The number of hydrogen-bond donors (Lipinski definition) is 3. The van der Waals surface area contributed by atoms with Crippen molar-refractivity contribution in [1.82, 2.24) is 9.99 Å². The summed E-state index contributed by atoms with van der Waals surface area (Å²) < 4.78 is 2.11. The van der Waals surface area contributed by atoms with Crippen molar-refractivity contribution in [3.05, 3.63) is 94.6 Å². The van der Waals surface area contributed by atoms with Crippen LogP contribution < -0.4 is 5.43 Å². The Kier molecular flexibility index (Phi) is 5.41. The van der Waals surface area contributed by atoms with Crippen molar-refractivity contribution in [3.63, 3.8) is 0 Å². The molecular formula is C23H18ClN3O3. The number of phenolic OH excluding ortho intramolecular Hbond substituents is 2. The van der Waals surface area contributed by atoms with Crippen molar-refractivity contribution < 1.29 is 15.0 Å². The molecule has 6 nitrogen and oxygen atoms in total. The number of halogens is 1. The van der Waals surface area contributed by atoms with Gasteiger partial charge in [-0.3, -0.25) is 4.79 Å². The number of nitrogens with zero attached hydrogens (tertiary/aromatic N) is 2. The Balaban J connectivity index is 1.56. The molecule has 0 atom stereocenters. The fourth-order valence-electron chi connectivity index (χ4n) is 3.25. The third kappa shape index (κ3) is 4.29. The molecule has 0 fully saturated rings. The van der Waals surface area contributed by atoms with E-state index in [-0.39, 0.29) is 17.1 Å². The number of amides is 1. The van der Waals surface area contributed by atoms with E-state index in [4.69, 9.17) is 11.6 Å². The zero-order valence-electron chi connectivity index (χ0n) is 15.8. The van der Waals surface area contributed by atoms with Crippen molar-refractivity contribution in [3.8, 4) is 11.5 Å². The smallest absolute Gasteiger partial charge is 0.271 e. The lowest BCUT2D eigenvalue weighted by molar-refractivity contribution is 0.0954. The van der Waals surface area contributed by atoms with Gasteiger partial charge >= 0.3 is 0 Å². The first kappa shape index (κ1) is 19.5. The average molecular weight is 420 g/mol. The second-order valence-corrected chi connectivity index (χ2v) is 7.23. The maximum absolute atomic E-state index is 12.2. The summed E-state index contributed by atoms with van der Waals surface area (Å²) in [6, 6.07) is 19.3. The summed E-state index contributed by atoms with van der Waals surface area (Å²) in [6.07, 6.45) is 3.54. The average Bonchev–Trinajstić information content (AvgIpc) is 3.06. The minimum absolute atomic E-state index is 0.106. The molecule has 30 heavy (non-hydrogen) atoms. The number of aromatic hydroxyl groups is 2. The first-order valence-corrected chi connectivity index (χ1v) is 9.56. The van der Waals surface area contributed by atoms with E-state index in [1.807, 2.05) is 54.7 Å². The predicted octanol–water partition coefficient (Wildman–Crippen LogP) is 4.52. The summed E-state index contributed by atoms with van der Waals surface area (Å²) in [7, 11) is 0. The third-order valence-electron chi connectivity index (χ3n) is 4.62. The van der Waals surface area contributed by atoms with Gasteiger partial charge in [0.05, 0.1) is 6.21 Å². The highest BCUT2D eigenvalue weighted by Crippen LogP contribution is 2.22. The summed E-state index contributed by atoms with van der Waals surface area (Å²) in [6.45, 7) is 0.667. The minimum atomic E-state index is -0.539. The van der Waals surface area contributed by atoms with Crippen LogP contribution in [0.4, 0.5) is 0 Å². The zero-order chi connectivity index (χ0) is 21.1. The van der Waals surface area contributed by atoms with Gasteiger partial charge in [-0.1, -0.05) is 41.9 Å². The molecule has 0 saturated heterocycles. The Morgan fingerprint density at radius 3 is 2.47 bits per heavy atom. The first-order valence-electron chi connectivity index (χ1n) is 9.18. The molecule has 4 aromatic rings. The van der Waals surface area contributed by atoms with E-state index in [2.05, 4.69) is 15.1 Å². The molecule has 4 rings (SSSR count). The zero-order valence-corrected chi connectivity index (χ0v) is 16.5. The van der Waals surface area contributed by atoms with Crippen LogP contribution in [0.5, 0.6) is 11.5 Å². The number of fused-ring (bicyclic) bond motifs is 1. The molecule has 3 aromatic carbocycles. The molecular weight excluding hydrogens is 402 g/mol. The van der Waals surface area contributed by atoms with E-state index >= 15 is 0 Å². The minimum Gasteiger partial charge on any atom is -0.508 e. The van der Waals surface area contributed by atoms with Crippen molar-refractivity contribution in [2.45, 2.75) is 6.54 Å². The number of phenols is 2. The number of carbonyl (C=O) groups is 1. The molecule has 3 N–H and O–H groups in total. The predicted molar refractivity (Wildman–Crippen MR) is 117 cm³/mol. The van der Waals surface area contributed by atoms with Gasteiger partial charge in [-0.2, -0.15) is 5.10 Å². The Bertz CT molecular complexity index is 1230. The van der Waals surface area contributed by atoms with Crippen LogP contribution in [0.3, 0.4) is 0 Å². The second-order valence-electron chi connectivity index (χ2n) is 6.79. The fraction of sp³-hybridized carbons (Fsp3) is 0.0435. The van der Waals surface area contributed by atoms with Gasteiger partial charge in [-0.15, -0.1) is 0 Å². The number of aromatic nitrogens is 1. The normalized spacial score (nSPS) is 11.2. The summed E-state index contributed by atoms with van der Waals surface area (Å²) in [5.41, 5.74) is 5.52. The van der Waals surface area contributed by atoms with Gasteiger partial charge < -0.3 is 14.8 Å². The summed E-state index contributed by atoms with van der Waals surface area (Å²) >= 11 is 5.97. The van der Waals surface area contributed by atoms with Crippen molar-refractivity contribution in [2.75, 3.05) is 0 Å². The Labute approximate surface area is 177 Å². The highest BCUT2D eigenvalue weighted by atomic mass is 35.5. The molecule has 0 unspecified atom stereocenters. The molecule has 0 bridgehead atoms. The van der Waals surface area contributed by atoms with Crippen LogP contribution in [0.25, 0.3) is 10.9 Å². The van der Waals surface area contributed by atoms with Crippen LogP contribution in [0, 0.1) is 0 Å². The van der Waals surface area contributed by atoms with E-state index in [0.29, 0.717) is 11.6 Å². The molecule has 0 aliphatic carbocycles. The van der Waals surface area contributed by atoms with Crippen LogP contribution in [-0.2, 0) is 6.54 Å². The van der Waals surface area contributed by atoms with Gasteiger partial charge in [-0.25, -0.2) is 5.43 Å². The monoisotopic (exact) mass is 419 g/mol. The third-order valence-corrected chi connectivity index (χ3v) is 4.87. The van der Waals surface area contributed by atoms with E-state index in [1.165, 1.54) is 12.1 Å². The van der Waals surface area contributed by atoms with Gasteiger partial charge in [0, 0.05) is 45.9 Å². The molecule has 0 aliphatic heterocycles. The van der Waals surface area contributed by atoms with Crippen molar-refractivity contribution in [1.29, 1.82) is 0 Å². The van der Waals surface area contributed by atoms with Crippen LogP contribution in [0.2, 0.25) is 5.02 Å². The summed E-state index contributed by atoms with van der Waals surface area (Å²) in [5, 5.41) is 24.8. The number of hydrogen-bond acceptors (Lipinski definition) is 4. The number of carbonyl (C=O) groups excluding carboxylic acids is 1. The SMILES string of the molecule is O=C(NN=Cc1cn(Cc2ccc(Cl)cc2)c2ccccc12)c1cc(O)cc(O)c1. The molecule has 7 heteroatoms. The summed E-state index contributed by atoms with van der Waals surface area (Å²) in [5.74, 6) is -0.939. The topological polar surface area (TPSA) is 86.9 Å². The number of rotatable bonds is 5. The fourth-order valence-corrected chi connectivity index (χ4v) is 3.37. The number of hydrazone groups is 1. The molecule has 0 aliphatic rings. The molecule has 1 amide bonds. The Morgan fingerprint density at radius 2 is 1.73 bits per heavy atom. The number of para-hydroxylation sites is 1. The maximum atomic E-state index is 12.2. The van der Waals surface area contributed by atoms with Crippen molar-refractivity contribution >= 4 is 34.6 Å². The number of benzene rings is 3. The highest BCUT2D eigenvalue weighted by Gasteiger charge is 2.09. The van der Waals surface area contributed by atoms with Gasteiger partial charge in [0.1, 0.15) is 11.5 Å². The molecule has 150 valence electrons. The lowest BCUT2D eigenvalue weighted by Crippen LogP contribution is -2.17. The lowest BCUT2D eigenvalue weighted by atomic mass is 10.2. The standard InChI is InChI=1S/C23H18ClN3O3/c24-18-7-5-15(6-8-18)13-27-14-17(21-3-1-2-4-22(21)27)12-25-26-23(30)16-9-19(28)11-20(29)10-16/h1-12,14,28-29H,13H2,(H,26,30). The molecule has 1 aromatic heterocycles. The van der Waals surface area contributed by atoms with Crippen LogP contribution in [-0.4, -0.2) is 26.9 Å². The largest absolute Gasteiger partial charge is 0.508 e. The number of nitrogens with one attached hydrogen (secondary N) is 1. The van der Waals surface area contributed by atoms with E-state index in [9.17, 15) is 15.0 Å². The molecule has 0 saturated carbocycles. The van der Waals surface area contributed by atoms with Gasteiger partial charge in [-0.05, 0) is 35.9 Å². The van der Waals surface area contributed by atoms with E-state index < -0.39 is 5.91 Å². The lowest BCUT2D eigenvalue weighted by Gasteiger charge is -2.05. The van der Waals surface area contributed by atoms with E-state index in [1.54, 1.807) is 6.21 Å². The first-order chi connectivity index (χ1) is 14.5. The van der Waals surface area contributed by atoms with Gasteiger partial charge in [0.25, 0.3) is 5.91 Å². The van der Waals surface area contributed by atoms with Crippen molar-refractivity contribution in [2.24, 2.45) is 5.10 Å². The molecule has 0 radical (unpaired) electrons. The Hall–Kier alpha value is -3.77. The maximum Gasteiger partial charge on any atom is 0.271 e. The quantitative estimate of drug-likeness (QED) is 0.328. The highest BCUT2D eigenvalue weighted by molar-refractivity contribution is 6.30.